The minimum Gasteiger partial charge on any atom is -0.486 e. The summed E-state index contributed by atoms with van der Waals surface area (Å²) in [6.45, 7) is 2.57. The van der Waals surface area contributed by atoms with E-state index in [0.717, 1.165) is 18.6 Å². The predicted molar refractivity (Wildman–Crippen MR) is 118 cm³/mol. The van der Waals surface area contributed by atoms with Crippen LogP contribution in [-0.2, 0) is 21.9 Å². The lowest BCUT2D eigenvalue weighted by molar-refractivity contribution is -0.142. The number of halogens is 6. The molecule has 2 saturated heterocycles. The summed E-state index contributed by atoms with van der Waals surface area (Å²) in [6, 6.07) is -0.105. The molecule has 0 bridgehead atoms. The third kappa shape index (κ3) is 6.16. The van der Waals surface area contributed by atoms with E-state index < -0.39 is 47.0 Å². The van der Waals surface area contributed by atoms with Gasteiger partial charge in [-0.2, -0.15) is 31.4 Å². The molecule has 2 aromatic heterocycles. The number of H-pyrrole nitrogens is 1. The number of aromatic nitrogens is 4. The van der Waals surface area contributed by atoms with Crippen molar-refractivity contribution in [3.63, 3.8) is 0 Å². The summed E-state index contributed by atoms with van der Waals surface area (Å²) in [6.07, 6.45) is -7.44. The van der Waals surface area contributed by atoms with Crippen molar-refractivity contribution >= 4 is 11.9 Å². The normalized spacial score (nSPS) is 20.2. The van der Waals surface area contributed by atoms with Gasteiger partial charge in [-0.25, -0.2) is 15.1 Å². The van der Waals surface area contributed by atoms with Crippen molar-refractivity contribution in [3.8, 4) is 5.75 Å². The van der Waals surface area contributed by atoms with Gasteiger partial charge in [0, 0.05) is 44.5 Å². The number of nitrogens with one attached hydrogen (secondary N) is 1. The Morgan fingerprint density at radius 1 is 1.00 bits per heavy atom. The van der Waals surface area contributed by atoms with Crippen LogP contribution in [0, 0.1) is 0 Å². The maximum atomic E-state index is 13.2. The standard InChI is InChI=1S/C22H24F6N6O4/c1-12(38-16-10-31-32-18(35)17(16)22(26,27)28)11-37-15-4-7-34(19(15)36)14-2-5-33(6-3-14)20-29-8-13(9-30-20)21(23,24)25/h8-10,12,14-15H,2-7,11H2,1H3,(H,32,35). The van der Waals surface area contributed by atoms with Crippen LogP contribution >= 0.6 is 0 Å². The van der Waals surface area contributed by atoms with Gasteiger partial charge >= 0.3 is 12.4 Å². The SMILES string of the molecule is CC(COC1CCN(C2CCN(c3ncc(C(F)(F)F)cn3)CC2)C1=O)Oc1cn[nH]c(=O)c1C(F)(F)F. The number of likely N-dealkylation sites (tertiary alicyclic amines) is 1. The molecule has 4 heterocycles. The van der Waals surface area contributed by atoms with Crippen molar-refractivity contribution in [1.29, 1.82) is 0 Å². The maximum Gasteiger partial charge on any atom is 0.425 e. The van der Waals surface area contributed by atoms with Crippen molar-refractivity contribution in [3.05, 3.63) is 40.1 Å². The van der Waals surface area contributed by atoms with Gasteiger partial charge in [-0.3, -0.25) is 9.59 Å². The van der Waals surface area contributed by atoms with Gasteiger partial charge in [0.05, 0.1) is 18.4 Å². The first-order valence-corrected chi connectivity index (χ1v) is 11.7. The third-order valence-corrected chi connectivity index (χ3v) is 6.31. The topological polar surface area (TPSA) is 114 Å². The van der Waals surface area contributed by atoms with Gasteiger partial charge in [-0.05, 0) is 19.8 Å². The zero-order valence-corrected chi connectivity index (χ0v) is 20.1. The zero-order chi connectivity index (χ0) is 27.7. The Labute approximate surface area is 211 Å². The largest absolute Gasteiger partial charge is 0.486 e. The van der Waals surface area contributed by atoms with Crippen LogP contribution in [0.4, 0.5) is 32.3 Å². The van der Waals surface area contributed by atoms with E-state index in [1.807, 2.05) is 0 Å². The highest BCUT2D eigenvalue weighted by Crippen LogP contribution is 2.33. The number of hydrogen-bond donors (Lipinski definition) is 1. The third-order valence-electron chi connectivity index (χ3n) is 6.31. The summed E-state index contributed by atoms with van der Waals surface area (Å²) in [5, 5.41) is 5.06. The number of nitrogens with zero attached hydrogens (tertiary/aromatic N) is 5. The molecular formula is C22H24F6N6O4. The molecule has 1 amide bonds. The number of amides is 1. The number of alkyl halides is 6. The molecule has 1 N–H and O–H groups in total. The number of hydrogen-bond acceptors (Lipinski definition) is 8. The number of piperidine rings is 1. The Morgan fingerprint density at radius 3 is 2.26 bits per heavy atom. The molecule has 10 nitrogen and oxygen atoms in total. The van der Waals surface area contributed by atoms with Crippen LogP contribution in [-0.4, -0.2) is 75.5 Å². The second-order valence-corrected chi connectivity index (χ2v) is 8.99. The smallest absolute Gasteiger partial charge is 0.425 e. The van der Waals surface area contributed by atoms with Gasteiger partial charge in [0.1, 0.15) is 12.2 Å². The van der Waals surface area contributed by atoms with E-state index >= 15 is 0 Å². The van der Waals surface area contributed by atoms with E-state index in [0.29, 0.717) is 38.9 Å². The van der Waals surface area contributed by atoms with Gasteiger partial charge in [0.25, 0.3) is 11.5 Å². The van der Waals surface area contributed by atoms with E-state index in [9.17, 15) is 35.9 Å². The number of carbonyl (C=O) groups is 1. The quantitative estimate of drug-likeness (QED) is 0.524. The van der Waals surface area contributed by atoms with Crippen LogP contribution in [0.3, 0.4) is 0 Å². The second-order valence-electron chi connectivity index (χ2n) is 8.99. The first-order valence-electron chi connectivity index (χ1n) is 11.7. The van der Waals surface area contributed by atoms with Crippen molar-refractivity contribution in [2.75, 3.05) is 31.1 Å². The molecule has 0 radical (unpaired) electrons. The van der Waals surface area contributed by atoms with Crippen molar-refractivity contribution < 1.29 is 40.6 Å². The Balaban J connectivity index is 1.27. The molecule has 4 rings (SSSR count). The predicted octanol–water partition coefficient (Wildman–Crippen LogP) is 2.65. The second kappa shape index (κ2) is 10.7. The van der Waals surface area contributed by atoms with Crippen LogP contribution in [0.15, 0.2) is 23.4 Å². The molecule has 2 fully saturated rings. The number of anilines is 1. The van der Waals surface area contributed by atoms with Gasteiger partial charge in [-0.1, -0.05) is 0 Å². The van der Waals surface area contributed by atoms with Gasteiger partial charge in [0.2, 0.25) is 5.95 Å². The summed E-state index contributed by atoms with van der Waals surface area (Å²) >= 11 is 0. The molecule has 0 spiro atoms. The molecule has 0 aliphatic carbocycles. The van der Waals surface area contributed by atoms with Crippen LogP contribution in [0.1, 0.15) is 37.3 Å². The Bertz CT molecular complexity index is 1180. The highest BCUT2D eigenvalue weighted by molar-refractivity contribution is 5.83. The van der Waals surface area contributed by atoms with Crippen LogP contribution in [0.25, 0.3) is 0 Å². The highest BCUT2D eigenvalue weighted by Gasteiger charge is 2.40. The monoisotopic (exact) mass is 550 g/mol. The number of rotatable bonds is 7. The lowest BCUT2D eigenvalue weighted by Crippen LogP contribution is -2.47. The molecule has 2 aromatic rings. The Kier molecular flexibility index (Phi) is 7.80. The van der Waals surface area contributed by atoms with E-state index in [1.54, 1.807) is 14.9 Å². The van der Waals surface area contributed by atoms with Crippen molar-refractivity contribution in [1.82, 2.24) is 25.1 Å². The lowest BCUT2D eigenvalue weighted by Gasteiger charge is -2.36. The average molecular weight is 550 g/mol. The minimum absolute atomic E-state index is 0.105. The van der Waals surface area contributed by atoms with Gasteiger partial charge in [-0.15, -0.1) is 0 Å². The van der Waals surface area contributed by atoms with Crippen LogP contribution in [0.5, 0.6) is 5.75 Å². The molecule has 2 unspecified atom stereocenters. The molecule has 2 atom stereocenters. The Morgan fingerprint density at radius 2 is 1.66 bits per heavy atom. The molecule has 38 heavy (non-hydrogen) atoms. The molecular weight excluding hydrogens is 526 g/mol. The average Bonchev–Trinajstić information content (AvgIpc) is 3.21. The molecule has 16 heteroatoms. The van der Waals surface area contributed by atoms with Gasteiger partial charge in [0.15, 0.2) is 11.3 Å². The fourth-order valence-electron chi connectivity index (χ4n) is 4.44. The van der Waals surface area contributed by atoms with E-state index in [-0.39, 0.29) is 24.5 Å². The number of carbonyl (C=O) groups excluding carboxylic acids is 1. The van der Waals surface area contributed by atoms with Crippen LogP contribution < -0.4 is 15.2 Å². The Hall–Kier alpha value is -3.43. The summed E-state index contributed by atoms with van der Waals surface area (Å²) < 4.78 is 88.6. The van der Waals surface area contributed by atoms with Gasteiger partial charge < -0.3 is 19.3 Å². The van der Waals surface area contributed by atoms with Crippen molar-refractivity contribution in [2.24, 2.45) is 0 Å². The van der Waals surface area contributed by atoms with Crippen molar-refractivity contribution in [2.45, 2.75) is 56.8 Å². The molecule has 0 saturated carbocycles. The molecule has 2 aliphatic heterocycles. The molecule has 208 valence electrons. The van der Waals surface area contributed by atoms with E-state index in [2.05, 4.69) is 15.1 Å². The lowest BCUT2D eigenvalue weighted by atomic mass is 10.0. The maximum absolute atomic E-state index is 13.2. The molecule has 0 aromatic carbocycles. The van der Waals surface area contributed by atoms with Crippen LogP contribution in [0.2, 0.25) is 0 Å². The van der Waals surface area contributed by atoms with E-state index in [4.69, 9.17) is 9.47 Å². The van der Waals surface area contributed by atoms with E-state index in [1.165, 1.54) is 6.92 Å². The summed E-state index contributed by atoms with van der Waals surface area (Å²) in [5.41, 5.74) is -3.87. The molecule has 2 aliphatic rings. The number of aromatic amines is 1. The fraction of sp³-hybridized carbons (Fsp3) is 0.591. The first kappa shape index (κ1) is 27.6. The number of ether oxygens (including phenoxy) is 2. The zero-order valence-electron chi connectivity index (χ0n) is 20.1. The fourth-order valence-corrected chi connectivity index (χ4v) is 4.44. The minimum atomic E-state index is -4.94. The first-order chi connectivity index (χ1) is 17.8. The summed E-state index contributed by atoms with van der Waals surface area (Å²) in [5.74, 6) is -0.806. The summed E-state index contributed by atoms with van der Waals surface area (Å²) in [4.78, 5) is 35.5. The summed E-state index contributed by atoms with van der Waals surface area (Å²) in [7, 11) is 0. The highest BCUT2D eigenvalue weighted by atomic mass is 19.4.